The number of benzene rings is 4. The molecule has 0 aliphatic rings. The predicted molar refractivity (Wildman–Crippen MR) is 186 cm³/mol. The molecule has 0 N–H and O–H groups in total. The number of aryl methyl sites for hydroxylation is 10. The van der Waals surface area contributed by atoms with E-state index in [9.17, 15) is 18.9 Å². The van der Waals surface area contributed by atoms with Crippen molar-refractivity contribution in [1.29, 1.82) is 0 Å². The lowest BCUT2D eigenvalue weighted by molar-refractivity contribution is 0.100. The fraction of sp³-hybridized carbons (Fsp3) is 0.325. The number of carbonyl (C=O) groups excluding carboxylic acids is 3. The maximum atomic E-state index is 14.9. The minimum atomic E-state index is -2.59. The first-order chi connectivity index (χ1) is 21.1. The molecule has 4 nitrogen and oxygen atoms in total. The molecular weight excluding hydrogens is 575 g/mol. The Labute approximate surface area is 269 Å². The molecule has 0 fully saturated rings. The van der Waals surface area contributed by atoms with Gasteiger partial charge in [-0.05, 0) is 120 Å². The summed E-state index contributed by atoms with van der Waals surface area (Å²) < 4.78 is 14.4. The van der Waals surface area contributed by atoms with Crippen LogP contribution < -0.4 is 5.30 Å². The molecule has 0 saturated heterocycles. The maximum absolute atomic E-state index is 14.9. The lowest BCUT2D eigenvalue weighted by atomic mass is 9.81. The lowest BCUT2D eigenvalue weighted by Crippen LogP contribution is -2.25. The minimum absolute atomic E-state index is 0.222. The Balaban J connectivity index is 2.11. The number of hydrogen-bond acceptors (Lipinski definition) is 4. The van der Waals surface area contributed by atoms with Gasteiger partial charge in [0.2, 0.25) is 5.30 Å². The normalized spacial score (nSPS) is 11.5. The predicted octanol–water partition coefficient (Wildman–Crippen LogP) is 9.34. The van der Waals surface area contributed by atoms with E-state index in [0.717, 1.165) is 50.1 Å². The Bertz CT molecular complexity index is 1860. The van der Waals surface area contributed by atoms with E-state index >= 15 is 0 Å². The van der Waals surface area contributed by atoms with Gasteiger partial charge in [-0.25, -0.2) is 4.79 Å². The van der Waals surface area contributed by atoms with Crippen molar-refractivity contribution in [2.24, 2.45) is 0 Å². The Morgan fingerprint density at radius 2 is 0.844 bits per heavy atom. The van der Waals surface area contributed by atoms with Crippen LogP contribution in [0, 0.1) is 62.3 Å². The molecule has 0 bridgehead atoms. The molecule has 4 aromatic rings. The Hall–Kier alpha value is -4.01. The summed E-state index contributed by atoms with van der Waals surface area (Å²) >= 11 is 0. The third-order valence-corrected chi connectivity index (χ3v) is 10.2. The van der Waals surface area contributed by atoms with Crippen molar-refractivity contribution < 1.29 is 18.9 Å². The summed E-state index contributed by atoms with van der Waals surface area (Å²) in [6, 6.07) is 13.5. The van der Waals surface area contributed by atoms with Crippen molar-refractivity contribution >= 4 is 30.2 Å². The van der Waals surface area contributed by atoms with E-state index in [-0.39, 0.29) is 17.1 Å². The molecular formula is C40H44O4P+. The van der Waals surface area contributed by atoms with Crippen molar-refractivity contribution in [1.82, 2.24) is 0 Å². The second kappa shape index (κ2) is 13.2. The lowest BCUT2D eigenvalue weighted by Gasteiger charge is -2.20. The first kappa shape index (κ1) is 33.9. The molecule has 45 heavy (non-hydrogen) atoms. The molecule has 0 spiro atoms. The third-order valence-electron chi connectivity index (χ3n) is 8.78. The number of ketones is 2. The summed E-state index contributed by atoms with van der Waals surface area (Å²) in [5.41, 5.74) is 10.8. The zero-order valence-electron chi connectivity index (χ0n) is 28.5. The largest absolute Gasteiger partial charge is 0.458 e. The Morgan fingerprint density at radius 1 is 0.489 bits per heavy atom. The first-order valence-electron chi connectivity index (χ1n) is 15.7. The molecule has 232 valence electrons. The van der Waals surface area contributed by atoms with Crippen LogP contribution in [0.5, 0.6) is 0 Å². The first-order valence-corrected chi connectivity index (χ1v) is 16.9. The van der Waals surface area contributed by atoms with E-state index in [1.165, 1.54) is 0 Å². The number of carbonyl (C=O) groups is 3. The van der Waals surface area contributed by atoms with E-state index in [1.807, 2.05) is 113 Å². The van der Waals surface area contributed by atoms with Gasteiger partial charge in [0.15, 0.2) is 11.6 Å². The van der Waals surface area contributed by atoms with E-state index in [0.29, 0.717) is 51.5 Å². The summed E-state index contributed by atoms with van der Waals surface area (Å²) in [6.45, 7) is 21.2. The van der Waals surface area contributed by atoms with Gasteiger partial charge in [0.25, 0.3) is 0 Å². The van der Waals surface area contributed by atoms with Crippen LogP contribution in [0.25, 0.3) is 0 Å². The van der Waals surface area contributed by atoms with E-state index in [4.69, 9.17) is 0 Å². The van der Waals surface area contributed by atoms with E-state index < -0.39 is 13.3 Å². The molecule has 1 unspecified atom stereocenters. The summed E-state index contributed by atoms with van der Waals surface area (Å²) in [6.07, 6.45) is 0.755. The Morgan fingerprint density at radius 3 is 1.20 bits per heavy atom. The molecule has 4 rings (SSSR count). The third kappa shape index (κ3) is 6.26. The summed E-state index contributed by atoms with van der Waals surface area (Å²) in [4.78, 5) is 43.5. The average Bonchev–Trinajstić information content (AvgIpc) is 2.93. The molecule has 0 aliphatic heterocycles. The van der Waals surface area contributed by atoms with Crippen LogP contribution in [0.4, 0.5) is 0 Å². The molecule has 0 aliphatic carbocycles. The van der Waals surface area contributed by atoms with Gasteiger partial charge >= 0.3 is 13.3 Å². The zero-order valence-corrected chi connectivity index (χ0v) is 29.4. The van der Waals surface area contributed by atoms with Crippen LogP contribution in [0.2, 0.25) is 0 Å². The molecule has 0 heterocycles. The summed E-state index contributed by atoms with van der Waals surface area (Å²) in [5.74, 6) is -0.497. The monoisotopic (exact) mass is 619 g/mol. The molecule has 0 saturated carbocycles. The Kier molecular flexibility index (Phi) is 9.90. The van der Waals surface area contributed by atoms with Crippen LogP contribution in [0.1, 0.15) is 117 Å². The molecule has 0 aromatic heterocycles. The second-order valence-corrected chi connectivity index (χ2v) is 14.0. The van der Waals surface area contributed by atoms with Crippen molar-refractivity contribution in [3.8, 4) is 0 Å². The molecule has 0 amide bonds. The highest BCUT2D eigenvalue weighted by molar-refractivity contribution is 7.71. The van der Waals surface area contributed by atoms with Crippen LogP contribution in [0.15, 0.2) is 42.5 Å². The topological polar surface area (TPSA) is 68.3 Å². The van der Waals surface area contributed by atoms with Gasteiger partial charge in [-0.1, -0.05) is 71.5 Å². The molecule has 4 aromatic carbocycles. The zero-order chi connectivity index (χ0) is 33.5. The average molecular weight is 620 g/mol. The standard InChI is InChI=1S/C40H44O4P/c1-12-30-20-32(45(44)40(43)35-28(10)18-23(5)19-29(35)11)31(13-2)37(39(42)34-26(8)16-22(4)17-27(34)9)36(30)38(41)33-24(6)14-21(3)15-25(33)7/h14-20H,12-13H2,1-11H3/q+1. The highest BCUT2D eigenvalue weighted by Crippen LogP contribution is 2.37. The molecule has 5 heteroatoms. The number of rotatable bonds is 9. The van der Waals surface area contributed by atoms with Gasteiger partial charge in [-0.3, -0.25) is 9.59 Å². The van der Waals surface area contributed by atoms with Crippen molar-refractivity contribution in [3.05, 3.63) is 131 Å². The van der Waals surface area contributed by atoms with Gasteiger partial charge in [-0.15, -0.1) is 0 Å². The van der Waals surface area contributed by atoms with Crippen molar-refractivity contribution in [2.75, 3.05) is 0 Å². The van der Waals surface area contributed by atoms with Crippen molar-refractivity contribution in [2.45, 2.75) is 89.0 Å². The van der Waals surface area contributed by atoms with Crippen molar-refractivity contribution in [3.63, 3.8) is 0 Å². The molecule has 1 atom stereocenters. The smallest absolute Gasteiger partial charge is 0.289 e. The minimum Gasteiger partial charge on any atom is -0.289 e. The second-order valence-electron chi connectivity index (χ2n) is 12.6. The van der Waals surface area contributed by atoms with Crippen LogP contribution >= 0.6 is 7.80 Å². The van der Waals surface area contributed by atoms with E-state index in [1.54, 1.807) is 6.07 Å². The highest BCUT2D eigenvalue weighted by Gasteiger charge is 2.41. The van der Waals surface area contributed by atoms with Gasteiger partial charge in [0.1, 0.15) is 0 Å². The number of hydrogen-bond donors (Lipinski definition) is 0. The summed E-state index contributed by atoms with van der Waals surface area (Å²) in [7, 11) is -2.59. The van der Waals surface area contributed by atoms with Crippen LogP contribution in [-0.2, 0) is 17.4 Å². The van der Waals surface area contributed by atoms with Gasteiger partial charge in [-0.2, -0.15) is 0 Å². The van der Waals surface area contributed by atoms with Gasteiger partial charge in [0, 0.05) is 27.8 Å². The van der Waals surface area contributed by atoms with Crippen LogP contribution in [0.3, 0.4) is 0 Å². The molecule has 0 radical (unpaired) electrons. The SMILES string of the molecule is CCc1cc([P+](=O)C(=O)c2c(C)cc(C)cc2C)c(CC)c(C(=O)c2c(C)cc(C)cc2C)c1C(=O)c1c(C)cc(C)cc1C. The van der Waals surface area contributed by atoms with E-state index in [2.05, 4.69) is 0 Å². The quantitative estimate of drug-likeness (QED) is 0.138. The maximum Gasteiger partial charge on any atom is 0.458 e. The van der Waals surface area contributed by atoms with Gasteiger partial charge < -0.3 is 0 Å². The highest BCUT2D eigenvalue weighted by atomic mass is 31.1. The van der Waals surface area contributed by atoms with Gasteiger partial charge in [0.05, 0.1) is 5.56 Å². The fourth-order valence-electron chi connectivity index (χ4n) is 7.15. The fourth-order valence-corrected chi connectivity index (χ4v) is 8.71. The van der Waals surface area contributed by atoms with Crippen LogP contribution in [-0.4, -0.2) is 17.1 Å². The summed E-state index contributed by atoms with van der Waals surface area (Å²) in [5, 5.41) is 0.341.